The Balaban J connectivity index is 1.62. The zero-order chi connectivity index (χ0) is 17.1. The summed E-state index contributed by atoms with van der Waals surface area (Å²) in [5.41, 5.74) is 2.87. The zero-order valence-electron chi connectivity index (χ0n) is 13.7. The largest absolute Gasteiger partial charge is 0.497 e. The molecule has 0 atom stereocenters. The minimum Gasteiger partial charge on any atom is -0.497 e. The van der Waals surface area contributed by atoms with E-state index in [0.717, 1.165) is 22.6 Å². The summed E-state index contributed by atoms with van der Waals surface area (Å²) in [4.78, 5) is 8.51. The third-order valence-electron chi connectivity index (χ3n) is 3.90. The molecule has 0 N–H and O–H groups in total. The molecule has 1 aromatic carbocycles. The number of aromatic nitrogens is 4. The van der Waals surface area contributed by atoms with Crippen molar-refractivity contribution < 1.29 is 9.26 Å². The van der Waals surface area contributed by atoms with Crippen molar-refractivity contribution in [1.29, 1.82) is 0 Å². The fourth-order valence-corrected chi connectivity index (χ4v) is 2.66. The smallest absolute Gasteiger partial charge is 0.274 e. The molecule has 0 saturated heterocycles. The van der Waals surface area contributed by atoms with Crippen LogP contribution in [0.15, 0.2) is 71.6 Å². The molecular weight excluding hydrogens is 316 g/mol. The van der Waals surface area contributed by atoms with E-state index >= 15 is 0 Å². The molecule has 0 saturated carbocycles. The summed E-state index contributed by atoms with van der Waals surface area (Å²) in [7, 11) is 1.67. The lowest BCUT2D eigenvalue weighted by Crippen LogP contribution is -2.00. The molecule has 4 rings (SSSR count). The van der Waals surface area contributed by atoms with Gasteiger partial charge in [0.25, 0.3) is 5.89 Å². The first-order valence-corrected chi connectivity index (χ1v) is 7.86. The van der Waals surface area contributed by atoms with Gasteiger partial charge in [0.1, 0.15) is 11.4 Å². The van der Waals surface area contributed by atoms with E-state index in [1.165, 1.54) is 0 Å². The second-order valence-corrected chi connectivity index (χ2v) is 5.53. The number of ether oxygens (including phenoxy) is 1. The molecule has 0 spiro atoms. The van der Waals surface area contributed by atoms with Crippen molar-refractivity contribution in [3.05, 3.63) is 72.7 Å². The first-order valence-electron chi connectivity index (χ1n) is 7.86. The molecule has 3 heterocycles. The Morgan fingerprint density at radius 1 is 1.08 bits per heavy atom. The summed E-state index contributed by atoms with van der Waals surface area (Å²) in [6.45, 7) is 0.687. The fourth-order valence-electron chi connectivity index (χ4n) is 2.66. The Kier molecular flexibility index (Phi) is 4.00. The number of rotatable bonds is 5. The SMILES string of the molecule is COc1cccc(Cn2cccc2-c2nc(-c3ccncc3)no2)c1. The number of hydrogen-bond acceptors (Lipinski definition) is 5. The monoisotopic (exact) mass is 332 g/mol. The molecular formula is C19H16N4O2. The highest BCUT2D eigenvalue weighted by Gasteiger charge is 2.14. The van der Waals surface area contributed by atoms with Gasteiger partial charge in [-0.3, -0.25) is 4.98 Å². The van der Waals surface area contributed by atoms with E-state index in [9.17, 15) is 0 Å². The zero-order valence-corrected chi connectivity index (χ0v) is 13.7. The summed E-state index contributed by atoms with van der Waals surface area (Å²) < 4.78 is 12.8. The van der Waals surface area contributed by atoms with Crippen molar-refractivity contribution in [3.63, 3.8) is 0 Å². The number of methoxy groups -OCH3 is 1. The molecule has 4 aromatic rings. The van der Waals surface area contributed by atoms with Crippen molar-refractivity contribution in [1.82, 2.24) is 19.7 Å². The molecule has 124 valence electrons. The lowest BCUT2D eigenvalue weighted by Gasteiger charge is -2.08. The molecule has 0 unspecified atom stereocenters. The molecule has 0 aliphatic rings. The summed E-state index contributed by atoms with van der Waals surface area (Å²) in [5.74, 6) is 1.87. The molecule has 0 bridgehead atoms. The van der Waals surface area contributed by atoms with Gasteiger partial charge in [-0.2, -0.15) is 4.98 Å². The molecule has 0 aliphatic heterocycles. The number of pyridine rings is 1. The van der Waals surface area contributed by atoms with Crippen molar-refractivity contribution in [2.75, 3.05) is 7.11 Å². The normalized spacial score (nSPS) is 10.8. The molecule has 0 fully saturated rings. The van der Waals surface area contributed by atoms with Crippen LogP contribution in [0.1, 0.15) is 5.56 Å². The Labute approximate surface area is 144 Å². The average molecular weight is 332 g/mol. The van der Waals surface area contributed by atoms with E-state index in [0.29, 0.717) is 18.3 Å². The number of hydrogen-bond donors (Lipinski definition) is 0. The van der Waals surface area contributed by atoms with Crippen molar-refractivity contribution >= 4 is 0 Å². The maximum atomic E-state index is 5.46. The van der Waals surface area contributed by atoms with Crippen LogP contribution in [-0.4, -0.2) is 26.8 Å². The van der Waals surface area contributed by atoms with Crippen molar-refractivity contribution in [2.24, 2.45) is 0 Å². The quantitative estimate of drug-likeness (QED) is 0.558. The van der Waals surface area contributed by atoms with Crippen LogP contribution >= 0.6 is 0 Å². The lowest BCUT2D eigenvalue weighted by molar-refractivity contribution is 0.414. The highest BCUT2D eigenvalue weighted by Crippen LogP contribution is 2.23. The van der Waals surface area contributed by atoms with Gasteiger partial charge < -0.3 is 13.8 Å². The van der Waals surface area contributed by atoms with E-state index in [1.807, 2.05) is 48.7 Å². The highest BCUT2D eigenvalue weighted by molar-refractivity contribution is 5.57. The Bertz CT molecular complexity index is 976. The second-order valence-electron chi connectivity index (χ2n) is 5.53. The van der Waals surface area contributed by atoms with Gasteiger partial charge in [0.05, 0.1) is 7.11 Å². The van der Waals surface area contributed by atoms with E-state index in [2.05, 4.69) is 25.8 Å². The van der Waals surface area contributed by atoms with E-state index in [-0.39, 0.29) is 0 Å². The van der Waals surface area contributed by atoms with Crippen LogP contribution in [0.5, 0.6) is 5.75 Å². The van der Waals surface area contributed by atoms with E-state index < -0.39 is 0 Å². The minimum absolute atomic E-state index is 0.486. The fraction of sp³-hybridized carbons (Fsp3) is 0.105. The maximum Gasteiger partial charge on any atom is 0.274 e. The Hall–Kier alpha value is -3.41. The van der Waals surface area contributed by atoms with Crippen molar-refractivity contribution in [2.45, 2.75) is 6.54 Å². The predicted molar refractivity (Wildman–Crippen MR) is 93.1 cm³/mol. The first kappa shape index (κ1) is 15.1. The van der Waals surface area contributed by atoms with E-state index in [1.54, 1.807) is 19.5 Å². The molecule has 6 nitrogen and oxygen atoms in total. The van der Waals surface area contributed by atoms with Crippen LogP contribution in [0.2, 0.25) is 0 Å². The summed E-state index contributed by atoms with van der Waals surface area (Å²) in [6, 6.07) is 15.6. The van der Waals surface area contributed by atoms with Gasteiger partial charge in [-0.15, -0.1) is 0 Å². The van der Waals surface area contributed by atoms with Crippen LogP contribution in [0.3, 0.4) is 0 Å². The van der Waals surface area contributed by atoms with Crippen LogP contribution in [0, 0.1) is 0 Å². The van der Waals surface area contributed by atoms with Gasteiger partial charge >= 0.3 is 0 Å². The minimum atomic E-state index is 0.486. The van der Waals surface area contributed by atoms with Gasteiger partial charge in [-0.05, 0) is 42.0 Å². The summed E-state index contributed by atoms with van der Waals surface area (Å²) >= 11 is 0. The highest BCUT2D eigenvalue weighted by atomic mass is 16.5. The van der Waals surface area contributed by atoms with Crippen LogP contribution in [0.25, 0.3) is 23.0 Å². The van der Waals surface area contributed by atoms with E-state index in [4.69, 9.17) is 9.26 Å². The Morgan fingerprint density at radius 3 is 2.80 bits per heavy atom. The summed E-state index contributed by atoms with van der Waals surface area (Å²) in [6.07, 6.45) is 5.40. The maximum absolute atomic E-state index is 5.46. The second kappa shape index (κ2) is 6.60. The molecule has 0 aliphatic carbocycles. The van der Waals surface area contributed by atoms with Gasteiger partial charge in [-0.25, -0.2) is 0 Å². The van der Waals surface area contributed by atoms with Gasteiger partial charge in [0, 0.05) is 30.7 Å². The average Bonchev–Trinajstić information content (AvgIpc) is 3.32. The van der Waals surface area contributed by atoms with Crippen molar-refractivity contribution in [3.8, 4) is 28.7 Å². The molecule has 25 heavy (non-hydrogen) atoms. The third kappa shape index (κ3) is 3.14. The number of nitrogens with zero attached hydrogens (tertiary/aromatic N) is 4. The number of benzene rings is 1. The predicted octanol–water partition coefficient (Wildman–Crippen LogP) is 3.66. The molecule has 3 aromatic heterocycles. The topological polar surface area (TPSA) is 66.0 Å². The van der Waals surface area contributed by atoms with Gasteiger partial charge in [0.2, 0.25) is 5.82 Å². The van der Waals surface area contributed by atoms with Crippen LogP contribution in [-0.2, 0) is 6.54 Å². The molecule has 0 amide bonds. The molecule has 6 heteroatoms. The first-order chi connectivity index (χ1) is 12.3. The van der Waals surface area contributed by atoms with Gasteiger partial charge in [-0.1, -0.05) is 17.3 Å². The standard InChI is InChI=1S/C19H16N4O2/c1-24-16-5-2-4-14(12-16)13-23-11-3-6-17(23)19-21-18(22-25-19)15-7-9-20-10-8-15/h2-12H,13H2,1H3. The van der Waals surface area contributed by atoms with Crippen LogP contribution < -0.4 is 4.74 Å². The molecule has 0 radical (unpaired) electrons. The Morgan fingerprint density at radius 2 is 1.96 bits per heavy atom. The third-order valence-corrected chi connectivity index (χ3v) is 3.90. The lowest BCUT2D eigenvalue weighted by atomic mass is 10.2. The van der Waals surface area contributed by atoms with Crippen LogP contribution in [0.4, 0.5) is 0 Å². The summed E-state index contributed by atoms with van der Waals surface area (Å²) in [5, 5.41) is 4.07. The van der Waals surface area contributed by atoms with Gasteiger partial charge in [0.15, 0.2) is 0 Å².